The van der Waals surface area contributed by atoms with Crippen LogP contribution in [0.15, 0.2) is 0 Å². The molecule has 5 unspecified atom stereocenters. The molecule has 184 valence electrons. The minimum atomic E-state index is -1.54. The Morgan fingerprint density at radius 2 is 1.47 bits per heavy atom. The lowest BCUT2D eigenvalue weighted by Crippen LogP contribution is -2.58. The van der Waals surface area contributed by atoms with Gasteiger partial charge in [0.25, 0.3) is 0 Å². The van der Waals surface area contributed by atoms with E-state index < -0.39 is 60.2 Å². The van der Waals surface area contributed by atoms with Gasteiger partial charge in [-0.2, -0.15) is 12.6 Å². The number of carbonyl (C=O) groups is 5. The summed E-state index contributed by atoms with van der Waals surface area (Å²) >= 11 is 4.09. The third kappa shape index (κ3) is 10.8. The predicted octanol–water partition coefficient (Wildman–Crippen LogP) is -2.17. The predicted molar refractivity (Wildman–Crippen MR) is 121 cm³/mol. The fourth-order valence-corrected chi connectivity index (χ4v) is 2.94. The van der Waals surface area contributed by atoms with Crippen molar-refractivity contribution in [2.75, 3.05) is 12.3 Å². The summed E-state index contributed by atoms with van der Waals surface area (Å²) in [6.07, 6.45) is 1.27. The molecule has 0 fully saturated rings. The van der Waals surface area contributed by atoms with Crippen molar-refractivity contribution < 1.29 is 29.1 Å². The van der Waals surface area contributed by atoms with E-state index >= 15 is 0 Å². The first kappa shape index (κ1) is 29.6. The highest BCUT2D eigenvalue weighted by atomic mass is 32.1. The summed E-state index contributed by atoms with van der Waals surface area (Å²) < 4.78 is 0. The maximum atomic E-state index is 12.7. The Bertz CT molecular complexity index is 664. The number of unbranched alkanes of at least 4 members (excludes halogenated alkanes) is 1. The smallest absolute Gasteiger partial charge is 0.326 e. The van der Waals surface area contributed by atoms with Crippen molar-refractivity contribution in [1.29, 1.82) is 0 Å². The molecule has 4 amide bonds. The van der Waals surface area contributed by atoms with Crippen LogP contribution >= 0.6 is 12.6 Å². The highest BCUT2D eigenvalue weighted by Gasteiger charge is 2.30. The van der Waals surface area contributed by atoms with Crippen LogP contribution in [0.2, 0.25) is 0 Å². The Morgan fingerprint density at radius 1 is 0.938 bits per heavy atom. The maximum Gasteiger partial charge on any atom is 0.326 e. The number of hydrogen-bond acceptors (Lipinski definition) is 8. The molecule has 32 heavy (non-hydrogen) atoms. The van der Waals surface area contributed by atoms with E-state index in [9.17, 15) is 29.1 Å². The molecule has 0 aromatic rings. The summed E-state index contributed by atoms with van der Waals surface area (Å²) in [5.74, 6) is -4.51. The van der Waals surface area contributed by atoms with Crippen molar-refractivity contribution in [2.45, 2.75) is 70.1 Å². The van der Waals surface area contributed by atoms with Crippen LogP contribution in [0.5, 0.6) is 0 Å². The summed E-state index contributed by atoms with van der Waals surface area (Å²) in [5.41, 5.74) is 16.4. The zero-order valence-electron chi connectivity index (χ0n) is 18.5. The maximum absolute atomic E-state index is 12.7. The molecule has 10 N–H and O–H groups in total. The van der Waals surface area contributed by atoms with Gasteiger partial charge >= 0.3 is 5.97 Å². The van der Waals surface area contributed by atoms with E-state index in [2.05, 4.69) is 28.6 Å². The zero-order valence-corrected chi connectivity index (χ0v) is 19.4. The highest BCUT2D eigenvalue weighted by Crippen LogP contribution is 2.07. The molecule has 0 spiro atoms. The van der Waals surface area contributed by atoms with Gasteiger partial charge in [-0.15, -0.1) is 0 Å². The van der Waals surface area contributed by atoms with Crippen LogP contribution in [0.3, 0.4) is 0 Å². The Balaban J connectivity index is 5.32. The molecular weight excluding hydrogens is 440 g/mol. The average molecular weight is 477 g/mol. The second-order valence-electron chi connectivity index (χ2n) is 7.57. The van der Waals surface area contributed by atoms with Crippen LogP contribution < -0.4 is 33.2 Å². The van der Waals surface area contributed by atoms with Crippen LogP contribution in [0.25, 0.3) is 0 Å². The Kier molecular flexibility index (Phi) is 14.3. The lowest BCUT2D eigenvalue weighted by Gasteiger charge is -2.25. The fourth-order valence-electron chi connectivity index (χ4n) is 2.68. The fraction of sp³-hybridized carbons (Fsp3) is 0.737. The van der Waals surface area contributed by atoms with Crippen LogP contribution in [-0.4, -0.2) is 71.2 Å². The van der Waals surface area contributed by atoms with Gasteiger partial charge in [0, 0.05) is 5.75 Å². The molecule has 0 bridgehead atoms. The van der Waals surface area contributed by atoms with Gasteiger partial charge in [-0.1, -0.05) is 20.3 Å². The number of amides is 4. The van der Waals surface area contributed by atoms with Crippen LogP contribution in [0.1, 0.15) is 46.0 Å². The van der Waals surface area contributed by atoms with E-state index in [1.165, 1.54) is 0 Å². The number of primary amides is 1. The van der Waals surface area contributed by atoms with E-state index in [0.717, 1.165) is 0 Å². The number of nitrogens with two attached hydrogens (primary N) is 3. The van der Waals surface area contributed by atoms with Crippen molar-refractivity contribution in [3.05, 3.63) is 0 Å². The van der Waals surface area contributed by atoms with Gasteiger partial charge in [-0.25, -0.2) is 4.79 Å². The van der Waals surface area contributed by atoms with E-state index in [-0.39, 0.29) is 18.1 Å². The molecule has 0 aliphatic rings. The lowest BCUT2D eigenvalue weighted by atomic mass is 9.99. The SMILES string of the molecule is CCC(C)C(N)C(=O)NC(CS)C(=O)NC(CCCCN)C(=O)NC(CC(N)=O)C(=O)O. The van der Waals surface area contributed by atoms with Gasteiger partial charge in [0.1, 0.15) is 18.1 Å². The van der Waals surface area contributed by atoms with Crippen molar-refractivity contribution in [3.63, 3.8) is 0 Å². The van der Waals surface area contributed by atoms with Crippen molar-refractivity contribution in [1.82, 2.24) is 16.0 Å². The number of aliphatic carboxylic acids is 1. The van der Waals surface area contributed by atoms with Gasteiger partial charge in [0.2, 0.25) is 23.6 Å². The number of carboxylic acids is 1. The van der Waals surface area contributed by atoms with Crippen molar-refractivity contribution in [2.24, 2.45) is 23.1 Å². The molecule has 0 rings (SSSR count). The lowest BCUT2D eigenvalue weighted by molar-refractivity contribution is -0.143. The Hall–Kier alpha value is -2.38. The van der Waals surface area contributed by atoms with Gasteiger partial charge < -0.3 is 38.3 Å². The molecule has 0 radical (unpaired) electrons. The normalized spacial score (nSPS) is 15.5. The van der Waals surface area contributed by atoms with Crippen molar-refractivity contribution >= 4 is 42.2 Å². The average Bonchev–Trinajstić information content (AvgIpc) is 2.74. The van der Waals surface area contributed by atoms with Crippen LogP contribution in [0.4, 0.5) is 0 Å². The molecule has 0 aliphatic heterocycles. The molecule has 0 aliphatic carbocycles. The number of hydrogen-bond donors (Lipinski definition) is 8. The number of rotatable bonds is 16. The number of carbonyl (C=O) groups excluding carboxylic acids is 4. The van der Waals surface area contributed by atoms with E-state index in [1.54, 1.807) is 0 Å². The van der Waals surface area contributed by atoms with Gasteiger partial charge in [-0.3, -0.25) is 19.2 Å². The molecule has 5 atom stereocenters. The number of nitrogens with one attached hydrogen (secondary N) is 3. The second-order valence-corrected chi connectivity index (χ2v) is 7.94. The minimum Gasteiger partial charge on any atom is -0.480 e. The van der Waals surface area contributed by atoms with E-state index in [0.29, 0.717) is 25.8 Å². The first-order valence-corrected chi connectivity index (χ1v) is 11.1. The van der Waals surface area contributed by atoms with Gasteiger partial charge in [0.05, 0.1) is 12.5 Å². The molecule has 0 aromatic carbocycles. The molecular formula is C19H36N6O6S. The topological polar surface area (TPSA) is 220 Å². The zero-order chi connectivity index (χ0) is 24.8. The summed E-state index contributed by atoms with van der Waals surface area (Å²) in [6.45, 7) is 4.06. The quantitative estimate of drug-likeness (QED) is 0.0902. The van der Waals surface area contributed by atoms with Crippen molar-refractivity contribution in [3.8, 4) is 0 Å². The largest absolute Gasteiger partial charge is 0.480 e. The molecule has 13 heteroatoms. The summed E-state index contributed by atoms with van der Waals surface area (Å²) in [6, 6.07) is -4.54. The van der Waals surface area contributed by atoms with Gasteiger partial charge in [0.15, 0.2) is 0 Å². The standard InChI is InChI=1S/C19H36N6O6S/c1-3-10(2)15(22)18(29)25-13(9-32)17(28)23-11(6-4-5-7-20)16(27)24-12(19(30)31)8-14(21)26/h10-13,15,32H,3-9,20,22H2,1-2H3,(H2,21,26)(H,23,28)(H,24,27)(H,25,29)(H,30,31). The highest BCUT2D eigenvalue weighted by molar-refractivity contribution is 7.80. The van der Waals surface area contributed by atoms with Crippen LogP contribution in [0, 0.1) is 5.92 Å². The summed E-state index contributed by atoms with van der Waals surface area (Å²) in [4.78, 5) is 60.0. The summed E-state index contributed by atoms with van der Waals surface area (Å²) in [7, 11) is 0. The Labute approximate surface area is 193 Å². The molecule has 0 heterocycles. The summed E-state index contributed by atoms with van der Waals surface area (Å²) in [5, 5.41) is 16.4. The third-order valence-electron chi connectivity index (χ3n) is 4.98. The first-order chi connectivity index (χ1) is 15.0. The monoisotopic (exact) mass is 476 g/mol. The molecule has 12 nitrogen and oxygen atoms in total. The van der Waals surface area contributed by atoms with E-state index in [4.69, 9.17) is 17.2 Å². The van der Waals surface area contributed by atoms with Crippen LogP contribution in [-0.2, 0) is 24.0 Å². The number of thiol groups is 1. The minimum absolute atomic E-state index is 0.0542. The van der Waals surface area contributed by atoms with Gasteiger partial charge in [-0.05, 0) is 31.7 Å². The van der Waals surface area contributed by atoms with E-state index in [1.807, 2.05) is 13.8 Å². The second kappa shape index (κ2) is 15.4. The Morgan fingerprint density at radius 3 is 1.94 bits per heavy atom. The molecule has 0 aromatic heterocycles. The number of carboxylic acid groups (broad SMARTS) is 1. The third-order valence-corrected chi connectivity index (χ3v) is 5.34. The molecule has 0 saturated carbocycles. The molecule has 0 saturated heterocycles. The first-order valence-electron chi connectivity index (χ1n) is 10.5.